The summed E-state index contributed by atoms with van der Waals surface area (Å²) in [6.45, 7) is 5.86. The Morgan fingerprint density at radius 1 is 1.50 bits per heavy atom. The fourth-order valence-electron chi connectivity index (χ4n) is 0.349. The zero-order chi connectivity index (χ0) is 6.57. The smallest absolute Gasteiger partial charge is 0.173 e. The highest BCUT2D eigenvalue weighted by Crippen LogP contribution is 1.78. The van der Waals surface area contributed by atoms with Crippen LogP contribution in [0.3, 0.4) is 0 Å². The summed E-state index contributed by atoms with van der Waals surface area (Å²) < 4.78 is 0. The van der Waals surface area contributed by atoms with Gasteiger partial charge in [0.1, 0.15) is 0 Å². The lowest BCUT2D eigenvalue weighted by atomic mass is 10.3. The second-order valence-corrected chi connectivity index (χ2v) is 1.62. The van der Waals surface area contributed by atoms with E-state index >= 15 is 0 Å². The molecule has 0 atom stereocenters. The summed E-state index contributed by atoms with van der Waals surface area (Å²) in [5.41, 5.74) is 0.618. The van der Waals surface area contributed by atoms with Gasteiger partial charge in [-0.25, -0.2) is 0 Å². The Morgan fingerprint density at radius 2 is 2.00 bits per heavy atom. The fourth-order valence-corrected chi connectivity index (χ4v) is 0.349. The molecule has 0 amide bonds. The van der Waals surface area contributed by atoms with Crippen molar-refractivity contribution in [2.75, 3.05) is 6.54 Å². The molecule has 0 unspecified atom stereocenters. The third-order valence-corrected chi connectivity index (χ3v) is 0.905. The number of ketones is 1. The van der Waals surface area contributed by atoms with E-state index in [9.17, 15) is 4.79 Å². The first kappa shape index (κ1) is 7.34. The van der Waals surface area contributed by atoms with Crippen molar-refractivity contribution >= 4 is 11.5 Å². The molecule has 0 heterocycles. The molecule has 0 aliphatic heterocycles. The first-order valence-corrected chi connectivity index (χ1v) is 2.70. The molecular weight excluding hydrogens is 102 g/mol. The van der Waals surface area contributed by atoms with Gasteiger partial charge in [-0.1, -0.05) is 0 Å². The van der Waals surface area contributed by atoms with Crippen molar-refractivity contribution in [1.82, 2.24) is 0 Å². The maximum atomic E-state index is 10.4. The molecule has 2 heteroatoms. The predicted molar refractivity (Wildman–Crippen MR) is 34.3 cm³/mol. The second kappa shape index (κ2) is 3.36. The highest BCUT2D eigenvalue weighted by atomic mass is 16.1. The van der Waals surface area contributed by atoms with Crippen LogP contribution in [0.4, 0.5) is 0 Å². The molecule has 0 N–H and O–H groups in total. The van der Waals surface area contributed by atoms with Gasteiger partial charge >= 0.3 is 0 Å². The van der Waals surface area contributed by atoms with Crippen molar-refractivity contribution in [1.29, 1.82) is 0 Å². The zero-order valence-electron chi connectivity index (χ0n) is 5.56. The number of hydrogen-bond donors (Lipinski definition) is 0. The van der Waals surface area contributed by atoms with E-state index in [1.165, 1.54) is 6.92 Å². The first-order valence-electron chi connectivity index (χ1n) is 2.70. The largest absolute Gasteiger partial charge is 0.293 e. The molecule has 0 fully saturated rings. The van der Waals surface area contributed by atoms with E-state index < -0.39 is 0 Å². The second-order valence-electron chi connectivity index (χ2n) is 1.62. The van der Waals surface area contributed by atoms with Crippen molar-refractivity contribution in [2.45, 2.75) is 20.8 Å². The van der Waals surface area contributed by atoms with Crippen molar-refractivity contribution in [3.63, 3.8) is 0 Å². The molecule has 0 rings (SSSR count). The summed E-state index contributed by atoms with van der Waals surface area (Å²) in [7, 11) is 0. The number of Topliss-reactive ketones (excluding diaryl/α,β-unsaturated/α-hetero) is 1. The number of nitrogens with zero attached hydrogens (tertiary/aromatic N) is 1. The standard InChI is InChI=1S/C6H11NO/c1-4-7-5(2)6(3)8/h4H2,1-3H3/b7-5-. The van der Waals surface area contributed by atoms with Gasteiger partial charge in [0.2, 0.25) is 0 Å². The van der Waals surface area contributed by atoms with Gasteiger partial charge in [-0.2, -0.15) is 0 Å². The molecule has 0 saturated heterocycles. The van der Waals surface area contributed by atoms with Crippen LogP contribution in [0.1, 0.15) is 20.8 Å². The average molecular weight is 113 g/mol. The lowest BCUT2D eigenvalue weighted by molar-refractivity contribution is -0.111. The monoisotopic (exact) mass is 113 g/mol. The normalized spacial score (nSPS) is 11.6. The Balaban J connectivity index is 3.80. The van der Waals surface area contributed by atoms with Gasteiger partial charge in [0.05, 0.1) is 5.71 Å². The maximum Gasteiger partial charge on any atom is 0.173 e. The molecule has 0 radical (unpaired) electrons. The molecule has 46 valence electrons. The van der Waals surface area contributed by atoms with E-state index in [0.717, 1.165) is 0 Å². The molecule has 2 nitrogen and oxygen atoms in total. The Kier molecular flexibility index (Phi) is 3.08. The summed E-state index contributed by atoms with van der Waals surface area (Å²) in [6.07, 6.45) is 0. The minimum Gasteiger partial charge on any atom is -0.293 e. The highest BCUT2D eigenvalue weighted by molar-refractivity contribution is 6.37. The minimum absolute atomic E-state index is 0.0619. The lowest BCUT2D eigenvalue weighted by Gasteiger charge is -1.88. The minimum atomic E-state index is 0.0619. The summed E-state index contributed by atoms with van der Waals surface area (Å²) in [5.74, 6) is 0.0619. The molecule has 0 aromatic carbocycles. The van der Waals surface area contributed by atoms with Gasteiger partial charge < -0.3 is 0 Å². The van der Waals surface area contributed by atoms with E-state index in [1.807, 2.05) is 6.92 Å². The molecular formula is C6H11NO. The third kappa shape index (κ3) is 2.50. The van der Waals surface area contributed by atoms with Crippen molar-refractivity contribution in [3.8, 4) is 0 Å². The number of carbonyl (C=O) groups is 1. The Hall–Kier alpha value is -0.660. The van der Waals surface area contributed by atoms with Crippen LogP contribution in [-0.2, 0) is 4.79 Å². The van der Waals surface area contributed by atoms with E-state index in [0.29, 0.717) is 12.3 Å². The molecule has 8 heavy (non-hydrogen) atoms. The quantitative estimate of drug-likeness (QED) is 0.492. The van der Waals surface area contributed by atoms with Crippen LogP contribution in [0.5, 0.6) is 0 Å². The molecule has 0 saturated carbocycles. The summed E-state index contributed by atoms with van der Waals surface area (Å²) in [5, 5.41) is 0. The fraction of sp³-hybridized carbons (Fsp3) is 0.667. The maximum absolute atomic E-state index is 10.4. The van der Waals surface area contributed by atoms with Crippen LogP contribution in [-0.4, -0.2) is 18.0 Å². The summed E-state index contributed by atoms with van der Waals surface area (Å²) >= 11 is 0. The number of hydrogen-bond acceptors (Lipinski definition) is 2. The third-order valence-electron chi connectivity index (χ3n) is 0.905. The first-order chi connectivity index (χ1) is 3.68. The molecule has 0 aromatic rings. The van der Waals surface area contributed by atoms with Gasteiger partial charge in [-0.05, 0) is 13.8 Å². The van der Waals surface area contributed by atoms with Crippen LogP contribution >= 0.6 is 0 Å². The number of rotatable bonds is 2. The molecule has 0 aliphatic carbocycles. The van der Waals surface area contributed by atoms with Gasteiger partial charge in [0.25, 0.3) is 0 Å². The van der Waals surface area contributed by atoms with Crippen LogP contribution in [0.25, 0.3) is 0 Å². The Morgan fingerprint density at radius 3 is 2.12 bits per heavy atom. The number of carbonyl (C=O) groups excluding carboxylic acids is 1. The summed E-state index contributed by atoms with van der Waals surface area (Å²) in [4.78, 5) is 14.3. The van der Waals surface area contributed by atoms with E-state index in [4.69, 9.17) is 0 Å². The molecule has 0 spiro atoms. The Labute approximate surface area is 49.6 Å². The van der Waals surface area contributed by atoms with Crippen molar-refractivity contribution in [2.24, 2.45) is 4.99 Å². The van der Waals surface area contributed by atoms with Crippen molar-refractivity contribution < 1.29 is 4.79 Å². The van der Waals surface area contributed by atoms with Gasteiger partial charge in [0, 0.05) is 13.5 Å². The lowest BCUT2D eigenvalue weighted by Crippen LogP contribution is -2.04. The van der Waals surface area contributed by atoms with Gasteiger partial charge in [-0.15, -0.1) is 0 Å². The van der Waals surface area contributed by atoms with E-state index in [2.05, 4.69) is 4.99 Å². The zero-order valence-corrected chi connectivity index (χ0v) is 5.56. The highest BCUT2D eigenvalue weighted by Gasteiger charge is 1.93. The topological polar surface area (TPSA) is 29.4 Å². The van der Waals surface area contributed by atoms with Crippen LogP contribution in [0.15, 0.2) is 4.99 Å². The van der Waals surface area contributed by atoms with Gasteiger partial charge in [0.15, 0.2) is 5.78 Å². The SMILES string of the molecule is CC/N=C(/C)C(C)=O. The predicted octanol–water partition coefficient (Wildman–Crippen LogP) is 1.06. The Bertz CT molecular complexity index is 116. The van der Waals surface area contributed by atoms with Gasteiger partial charge in [-0.3, -0.25) is 9.79 Å². The van der Waals surface area contributed by atoms with E-state index in [1.54, 1.807) is 6.92 Å². The average Bonchev–Trinajstić information content (AvgIpc) is 1.67. The van der Waals surface area contributed by atoms with E-state index in [-0.39, 0.29) is 5.78 Å². The van der Waals surface area contributed by atoms with Crippen LogP contribution in [0.2, 0.25) is 0 Å². The molecule has 0 aromatic heterocycles. The van der Waals surface area contributed by atoms with Crippen LogP contribution < -0.4 is 0 Å². The molecule has 0 aliphatic rings. The molecule has 0 bridgehead atoms. The summed E-state index contributed by atoms with van der Waals surface area (Å²) in [6, 6.07) is 0. The van der Waals surface area contributed by atoms with Crippen molar-refractivity contribution in [3.05, 3.63) is 0 Å². The van der Waals surface area contributed by atoms with Crippen LogP contribution in [0, 0.1) is 0 Å². The number of aliphatic imine (C=N–C) groups is 1.